The van der Waals surface area contributed by atoms with E-state index in [0.29, 0.717) is 11.4 Å². The second-order valence-electron chi connectivity index (χ2n) is 4.92. The SMILES string of the molecule is COc1ccccc1CC(C)(N)c1cccc(Cl)c1. The highest BCUT2D eigenvalue weighted by molar-refractivity contribution is 6.30. The van der Waals surface area contributed by atoms with Crippen LogP contribution in [0.25, 0.3) is 0 Å². The molecule has 3 heteroatoms. The second kappa shape index (κ2) is 5.64. The van der Waals surface area contributed by atoms with Gasteiger partial charge in [0.05, 0.1) is 7.11 Å². The standard InChI is InChI=1S/C16H18ClNO/c1-16(18,13-7-5-8-14(17)10-13)11-12-6-3-4-9-15(12)19-2/h3-10H,11,18H2,1-2H3. The fraction of sp³-hybridized carbons (Fsp3) is 0.250. The van der Waals surface area contributed by atoms with E-state index in [2.05, 4.69) is 0 Å². The predicted octanol–water partition coefficient (Wildman–Crippen LogP) is 3.77. The van der Waals surface area contributed by atoms with Gasteiger partial charge in [-0.2, -0.15) is 0 Å². The minimum Gasteiger partial charge on any atom is -0.496 e. The molecule has 2 rings (SSSR count). The van der Waals surface area contributed by atoms with Gasteiger partial charge in [-0.25, -0.2) is 0 Å². The van der Waals surface area contributed by atoms with Crippen molar-refractivity contribution in [3.63, 3.8) is 0 Å². The van der Waals surface area contributed by atoms with Crippen molar-refractivity contribution in [2.75, 3.05) is 7.11 Å². The first-order valence-electron chi connectivity index (χ1n) is 6.20. The van der Waals surface area contributed by atoms with Crippen LogP contribution in [-0.2, 0) is 12.0 Å². The predicted molar refractivity (Wildman–Crippen MR) is 79.7 cm³/mol. The molecule has 0 fully saturated rings. The summed E-state index contributed by atoms with van der Waals surface area (Å²) in [6.07, 6.45) is 0.692. The lowest BCUT2D eigenvalue weighted by Gasteiger charge is -2.26. The summed E-state index contributed by atoms with van der Waals surface area (Å²) in [7, 11) is 1.67. The van der Waals surface area contributed by atoms with E-state index >= 15 is 0 Å². The van der Waals surface area contributed by atoms with Crippen LogP contribution >= 0.6 is 11.6 Å². The first-order chi connectivity index (χ1) is 9.03. The number of rotatable bonds is 4. The van der Waals surface area contributed by atoms with Crippen LogP contribution in [0.5, 0.6) is 5.75 Å². The van der Waals surface area contributed by atoms with Crippen LogP contribution in [0.15, 0.2) is 48.5 Å². The lowest BCUT2D eigenvalue weighted by atomic mass is 9.86. The number of halogens is 1. The van der Waals surface area contributed by atoms with E-state index in [0.717, 1.165) is 16.9 Å². The van der Waals surface area contributed by atoms with Crippen molar-refractivity contribution in [2.45, 2.75) is 18.9 Å². The topological polar surface area (TPSA) is 35.2 Å². The Morgan fingerprint density at radius 2 is 1.89 bits per heavy atom. The summed E-state index contributed by atoms with van der Waals surface area (Å²) in [5.74, 6) is 0.862. The molecule has 0 spiro atoms. The fourth-order valence-corrected chi connectivity index (χ4v) is 2.38. The van der Waals surface area contributed by atoms with Crippen molar-refractivity contribution in [3.8, 4) is 5.75 Å². The molecule has 2 aromatic rings. The number of nitrogens with two attached hydrogens (primary N) is 1. The van der Waals surface area contributed by atoms with Gasteiger partial charge in [-0.05, 0) is 42.7 Å². The summed E-state index contributed by atoms with van der Waals surface area (Å²) in [6.45, 7) is 2.01. The van der Waals surface area contributed by atoms with Crippen molar-refractivity contribution in [2.24, 2.45) is 5.73 Å². The van der Waals surface area contributed by atoms with Crippen LogP contribution in [-0.4, -0.2) is 7.11 Å². The van der Waals surface area contributed by atoms with E-state index in [4.69, 9.17) is 22.1 Å². The minimum atomic E-state index is -0.487. The average Bonchev–Trinajstić information content (AvgIpc) is 2.39. The molecule has 1 atom stereocenters. The first-order valence-corrected chi connectivity index (χ1v) is 6.57. The van der Waals surface area contributed by atoms with E-state index in [1.807, 2.05) is 55.5 Å². The molecule has 2 nitrogen and oxygen atoms in total. The first kappa shape index (κ1) is 13.9. The van der Waals surface area contributed by atoms with Crippen molar-refractivity contribution in [1.29, 1.82) is 0 Å². The molecule has 1 unspecified atom stereocenters. The zero-order valence-corrected chi connectivity index (χ0v) is 11.9. The van der Waals surface area contributed by atoms with Gasteiger partial charge in [-0.1, -0.05) is 41.9 Å². The summed E-state index contributed by atoms with van der Waals surface area (Å²) in [4.78, 5) is 0. The fourth-order valence-electron chi connectivity index (χ4n) is 2.19. The van der Waals surface area contributed by atoms with Gasteiger partial charge in [-0.15, -0.1) is 0 Å². The molecule has 0 aromatic heterocycles. The largest absolute Gasteiger partial charge is 0.496 e. The molecule has 2 N–H and O–H groups in total. The van der Waals surface area contributed by atoms with Gasteiger partial charge in [0, 0.05) is 10.6 Å². The third-order valence-electron chi connectivity index (χ3n) is 3.23. The van der Waals surface area contributed by atoms with Crippen molar-refractivity contribution < 1.29 is 4.74 Å². The maximum atomic E-state index is 6.45. The zero-order chi connectivity index (χ0) is 13.9. The van der Waals surface area contributed by atoms with Crippen LogP contribution in [0.3, 0.4) is 0 Å². The minimum absolute atomic E-state index is 0.487. The highest BCUT2D eigenvalue weighted by Crippen LogP contribution is 2.28. The Morgan fingerprint density at radius 3 is 2.58 bits per heavy atom. The van der Waals surface area contributed by atoms with E-state index in [9.17, 15) is 0 Å². The molecule has 0 saturated heterocycles. The van der Waals surface area contributed by atoms with Gasteiger partial charge in [0.2, 0.25) is 0 Å². The smallest absolute Gasteiger partial charge is 0.122 e. The molecule has 2 aromatic carbocycles. The number of para-hydroxylation sites is 1. The van der Waals surface area contributed by atoms with Gasteiger partial charge in [0.1, 0.15) is 5.75 Å². The Labute approximate surface area is 119 Å². The maximum Gasteiger partial charge on any atom is 0.122 e. The Morgan fingerprint density at radius 1 is 1.16 bits per heavy atom. The Balaban J connectivity index is 2.30. The summed E-state index contributed by atoms with van der Waals surface area (Å²) in [5, 5.41) is 0.703. The molecule has 0 aliphatic carbocycles. The second-order valence-corrected chi connectivity index (χ2v) is 5.35. The van der Waals surface area contributed by atoms with E-state index < -0.39 is 5.54 Å². The lowest BCUT2D eigenvalue weighted by Crippen LogP contribution is -2.35. The highest BCUT2D eigenvalue weighted by Gasteiger charge is 2.23. The molecule has 100 valence electrons. The number of ether oxygens (including phenoxy) is 1. The summed E-state index contributed by atoms with van der Waals surface area (Å²) >= 11 is 6.03. The van der Waals surface area contributed by atoms with Crippen molar-refractivity contribution >= 4 is 11.6 Å². The highest BCUT2D eigenvalue weighted by atomic mass is 35.5. The molecule has 0 aliphatic heterocycles. The molecular weight excluding hydrogens is 258 g/mol. The van der Waals surface area contributed by atoms with Crippen LogP contribution in [0.4, 0.5) is 0 Å². The van der Waals surface area contributed by atoms with Gasteiger partial charge in [0.15, 0.2) is 0 Å². The number of hydrogen-bond acceptors (Lipinski definition) is 2. The molecule has 0 amide bonds. The summed E-state index contributed by atoms with van der Waals surface area (Å²) in [6, 6.07) is 15.6. The number of benzene rings is 2. The Bertz CT molecular complexity index is 566. The van der Waals surface area contributed by atoms with Crippen molar-refractivity contribution in [1.82, 2.24) is 0 Å². The van der Waals surface area contributed by atoms with Crippen LogP contribution in [0.1, 0.15) is 18.1 Å². The van der Waals surface area contributed by atoms with Crippen LogP contribution in [0, 0.1) is 0 Å². The molecular formula is C16H18ClNO. The molecule has 0 heterocycles. The summed E-state index contributed by atoms with van der Waals surface area (Å²) in [5.41, 5.74) is 8.07. The Hall–Kier alpha value is -1.51. The van der Waals surface area contributed by atoms with E-state index in [-0.39, 0.29) is 0 Å². The van der Waals surface area contributed by atoms with Gasteiger partial charge < -0.3 is 10.5 Å². The molecule has 0 bridgehead atoms. The average molecular weight is 276 g/mol. The maximum absolute atomic E-state index is 6.45. The van der Waals surface area contributed by atoms with Crippen molar-refractivity contribution in [3.05, 3.63) is 64.7 Å². The molecule has 0 aliphatic rings. The van der Waals surface area contributed by atoms with Gasteiger partial charge in [0.25, 0.3) is 0 Å². The Kier molecular flexibility index (Phi) is 4.13. The third kappa shape index (κ3) is 3.28. The normalized spacial score (nSPS) is 13.9. The van der Waals surface area contributed by atoms with Crippen LogP contribution < -0.4 is 10.5 Å². The quantitative estimate of drug-likeness (QED) is 0.922. The van der Waals surface area contributed by atoms with Crippen LogP contribution in [0.2, 0.25) is 5.02 Å². The number of methoxy groups -OCH3 is 1. The van der Waals surface area contributed by atoms with E-state index in [1.165, 1.54) is 0 Å². The third-order valence-corrected chi connectivity index (χ3v) is 3.47. The summed E-state index contributed by atoms with van der Waals surface area (Å²) < 4.78 is 5.37. The molecule has 19 heavy (non-hydrogen) atoms. The monoisotopic (exact) mass is 275 g/mol. The lowest BCUT2D eigenvalue weighted by molar-refractivity contribution is 0.400. The van der Waals surface area contributed by atoms with Gasteiger partial charge >= 0.3 is 0 Å². The van der Waals surface area contributed by atoms with Gasteiger partial charge in [-0.3, -0.25) is 0 Å². The van der Waals surface area contributed by atoms with E-state index in [1.54, 1.807) is 7.11 Å². The molecule has 0 saturated carbocycles. The number of hydrogen-bond donors (Lipinski definition) is 1. The zero-order valence-electron chi connectivity index (χ0n) is 11.2. The molecule has 0 radical (unpaired) electrons.